The summed E-state index contributed by atoms with van der Waals surface area (Å²) in [7, 11) is 0. The number of nitrogens with one attached hydrogen (secondary N) is 1. The predicted octanol–water partition coefficient (Wildman–Crippen LogP) is 2.84. The van der Waals surface area contributed by atoms with E-state index in [1.165, 1.54) is 0 Å². The molecular formula is C15H20N2O2. The Hall–Kier alpha value is -1.81. The van der Waals surface area contributed by atoms with Gasteiger partial charge in [-0.1, -0.05) is 26.8 Å². The van der Waals surface area contributed by atoms with Crippen molar-refractivity contribution in [2.45, 2.75) is 32.7 Å². The van der Waals surface area contributed by atoms with Crippen molar-refractivity contribution in [2.24, 2.45) is 11.1 Å². The van der Waals surface area contributed by atoms with E-state index in [9.17, 15) is 4.79 Å². The van der Waals surface area contributed by atoms with Crippen LogP contribution in [0.25, 0.3) is 10.9 Å². The molecule has 1 aromatic heterocycles. The summed E-state index contributed by atoms with van der Waals surface area (Å²) >= 11 is 0. The van der Waals surface area contributed by atoms with Gasteiger partial charge in [-0.2, -0.15) is 0 Å². The van der Waals surface area contributed by atoms with Crippen molar-refractivity contribution in [2.75, 3.05) is 0 Å². The van der Waals surface area contributed by atoms with Crippen LogP contribution >= 0.6 is 0 Å². The second kappa shape index (κ2) is 4.38. The summed E-state index contributed by atoms with van der Waals surface area (Å²) in [5, 5.41) is 10.2. The van der Waals surface area contributed by atoms with E-state index in [0.717, 1.165) is 16.5 Å². The van der Waals surface area contributed by atoms with Crippen molar-refractivity contribution in [3.8, 4) is 0 Å². The summed E-state index contributed by atoms with van der Waals surface area (Å²) in [6, 6.07) is 7.79. The highest BCUT2D eigenvalue weighted by Crippen LogP contribution is 2.40. The summed E-state index contributed by atoms with van der Waals surface area (Å²) in [4.78, 5) is 14.3. The number of carboxylic acids is 1. The van der Waals surface area contributed by atoms with E-state index < -0.39 is 11.5 Å². The molecule has 4 N–H and O–H groups in total. The number of carboxylic acid groups (broad SMARTS) is 1. The summed E-state index contributed by atoms with van der Waals surface area (Å²) in [6.07, 6.45) is 1.77. The van der Waals surface area contributed by atoms with Crippen molar-refractivity contribution in [3.63, 3.8) is 0 Å². The van der Waals surface area contributed by atoms with Crippen LogP contribution in [-0.4, -0.2) is 16.1 Å². The first-order valence-corrected chi connectivity index (χ1v) is 6.32. The molecule has 2 rings (SSSR count). The summed E-state index contributed by atoms with van der Waals surface area (Å²) in [6.45, 7) is 5.91. The van der Waals surface area contributed by atoms with Gasteiger partial charge in [-0.05, 0) is 34.6 Å². The van der Waals surface area contributed by atoms with Crippen LogP contribution in [0.5, 0.6) is 0 Å². The smallest absolute Gasteiger partial charge is 0.305 e. The van der Waals surface area contributed by atoms with Crippen LogP contribution in [0.3, 0.4) is 0 Å². The number of rotatable bonds is 3. The maximum absolute atomic E-state index is 11.2. The van der Waals surface area contributed by atoms with Crippen LogP contribution in [0.2, 0.25) is 0 Å². The second-order valence-electron chi connectivity index (χ2n) is 6.07. The summed E-state index contributed by atoms with van der Waals surface area (Å²) in [5.74, 6) is -0.883. The van der Waals surface area contributed by atoms with Crippen LogP contribution in [0.1, 0.15) is 32.8 Å². The Balaban J connectivity index is 2.56. The molecule has 0 bridgehead atoms. The number of fused-ring (bicyclic) bond motifs is 1. The SMILES string of the molecule is CC(C)(C)C(N)(CC(=O)O)c1ccc2[nH]ccc2c1. The number of aromatic amines is 1. The molecule has 0 spiro atoms. The molecule has 0 saturated heterocycles. The van der Waals surface area contributed by atoms with Gasteiger partial charge in [0, 0.05) is 11.7 Å². The lowest BCUT2D eigenvalue weighted by atomic mass is 9.68. The Morgan fingerprint density at radius 2 is 2.00 bits per heavy atom. The number of aromatic nitrogens is 1. The molecule has 2 aromatic rings. The first kappa shape index (κ1) is 13.6. The van der Waals surface area contributed by atoms with Crippen LogP contribution in [0, 0.1) is 5.41 Å². The van der Waals surface area contributed by atoms with Crippen molar-refractivity contribution in [3.05, 3.63) is 36.0 Å². The molecule has 4 heteroatoms. The van der Waals surface area contributed by atoms with Gasteiger partial charge in [-0.15, -0.1) is 0 Å². The fraction of sp³-hybridized carbons (Fsp3) is 0.400. The zero-order valence-electron chi connectivity index (χ0n) is 11.5. The minimum absolute atomic E-state index is 0.0908. The second-order valence-corrected chi connectivity index (χ2v) is 6.07. The Morgan fingerprint density at radius 1 is 1.32 bits per heavy atom. The molecule has 0 fully saturated rings. The van der Waals surface area contributed by atoms with Gasteiger partial charge in [0.15, 0.2) is 0 Å². The van der Waals surface area contributed by atoms with E-state index in [2.05, 4.69) is 4.98 Å². The van der Waals surface area contributed by atoms with Gasteiger partial charge in [0.1, 0.15) is 0 Å². The molecule has 1 heterocycles. The van der Waals surface area contributed by atoms with Crippen molar-refractivity contribution in [1.29, 1.82) is 0 Å². The van der Waals surface area contributed by atoms with Crippen molar-refractivity contribution in [1.82, 2.24) is 4.98 Å². The lowest BCUT2D eigenvalue weighted by Gasteiger charge is -2.41. The molecule has 102 valence electrons. The van der Waals surface area contributed by atoms with Crippen molar-refractivity contribution >= 4 is 16.9 Å². The molecule has 4 nitrogen and oxygen atoms in total. The summed E-state index contributed by atoms with van der Waals surface area (Å²) in [5.41, 5.74) is 7.10. The molecule has 0 saturated carbocycles. The van der Waals surface area contributed by atoms with Crippen LogP contribution in [-0.2, 0) is 10.3 Å². The molecule has 1 atom stereocenters. The maximum Gasteiger partial charge on any atom is 0.305 e. The monoisotopic (exact) mass is 260 g/mol. The standard InChI is InChI=1S/C15H20N2O2/c1-14(2,3)15(16,9-13(18)19)11-4-5-12-10(8-11)6-7-17-12/h4-8,17H,9,16H2,1-3H3,(H,18,19). The highest BCUT2D eigenvalue weighted by Gasteiger charge is 2.41. The Labute approximate surface area is 112 Å². The Kier molecular flexibility index (Phi) is 3.14. The van der Waals surface area contributed by atoms with E-state index in [-0.39, 0.29) is 11.8 Å². The Bertz CT molecular complexity index is 610. The first-order chi connectivity index (χ1) is 8.74. The molecule has 1 unspecified atom stereocenters. The number of carbonyl (C=O) groups is 1. The lowest BCUT2D eigenvalue weighted by molar-refractivity contribution is -0.139. The molecule has 0 aliphatic heterocycles. The first-order valence-electron chi connectivity index (χ1n) is 6.32. The van der Waals surface area contributed by atoms with Gasteiger partial charge >= 0.3 is 5.97 Å². The molecule has 0 aliphatic rings. The van der Waals surface area contributed by atoms with E-state index >= 15 is 0 Å². The van der Waals surface area contributed by atoms with E-state index in [1.54, 1.807) is 0 Å². The van der Waals surface area contributed by atoms with Gasteiger partial charge in [0.05, 0.1) is 12.0 Å². The van der Waals surface area contributed by atoms with E-state index in [0.29, 0.717) is 0 Å². The zero-order valence-corrected chi connectivity index (χ0v) is 11.5. The Morgan fingerprint density at radius 3 is 2.58 bits per heavy atom. The van der Waals surface area contributed by atoms with E-state index in [1.807, 2.05) is 51.2 Å². The molecule has 1 aromatic carbocycles. The third-order valence-corrected chi connectivity index (χ3v) is 3.84. The molecular weight excluding hydrogens is 240 g/mol. The van der Waals surface area contributed by atoms with Gasteiger partial charge in [-0.25, -0.2) is 0 Å². The number of hydrogen-bond acceptors (Lipinski definition) is 2. The molecule has 0 radical (unpaired) electrons. The van der Waals surface area contributed by atoms with Crippen LogP contribution < -0.4 is 5.73 Å². The molecule has 0 aliphatic carbocycles. The zero-order chi connectivity index (χ0) is 14.3. The normalized spacial score (nSPS) is 15.4. The number of nitrogens with two attached hydrogens (primary N) is 1. The maximum atomic E-state index is 11.2. The van der Waals surface area contributed by atoms with Crippen LogP contribution in [0.4, 0.5) is 0 Å². The van der Waals surface area contributed by atoms with Gasteiger partial charge in [-0.3, -0.25) is 4.79 Å². The van der Waals surface area contributed by atoms with Gasteiger partial charge < -0.3 is 15.8 Å². The minimum atomic E-state index is -0.899. The van der Waals surface area contributed by atoms with Gasteiger partial charge in [0.2, 0.25) is 0 Å². The fourth-order valence-corrected chi connectivity index (χ4v) is 2.37. The topological polar surface area (TPSA) is 79.1 Å². The minimum Gasteiger partial charge on any atom is -0.481 e. The molecule has 19 heavy (non-hydrogen) atoms. The summed E-state index contributed by atoms with van der Waals surface area (Å²) < 4.78 is 0. The number of H-pyrrole nitrogens is 1. The van der Waals surface area contributed by atoms with Gasteiger partial charge in [0.25, 0.3) is 0 Å². The average molecular weight is 260 g/mol. The van der Waals surface area contributed by atoms with Crippen LogP contribution in [0.15, 0.2) is 30.5 Å². The third kappa shape index (κ3) is 2.36. The average Bonchev–Trinajstić information content (AvgIpc) is 2.72. The number of hydrogen-bond donors (Lipinski definition) is 3. The third-order valence-electron chi connectivity index (χ3n) is 3.84. The largest absolute Gasteiger partial charge is 0.481 e. The fourth-order valence-electron chi connectivity index (χ4n) is 2.37. The number of benzene rings is 1. The number of aliphatic carboxylic acids is 1. The predicted molar refractivity (Wildman–Crippen MR) is 75.9 cm³/mol. The lowest BCUT2D eigenvalue weighted by Crippen LogP contribution is -2.49. The highest BCUT2D eigenvalue weighted by atomic mass is 16.4. The molecule has 0 amide bonds. The van der Waals surface area contributed by atoms with Crippen molar-refractivity contribution < 1.29 is 9.90 Å². The quantitative estimate of drug-likeness (QED) is 0.794. The highest BCUT2D eigenvalue weighted by molar-refractivity contribution is 5.80. The van der Waals surface area contributed by atoms with E-state index in [4.69, 9.17) is 10.8 Å².